The summed E-state index contributed by atoms with van der Waals surface area (Å²) in [4.78, 5) is 16.6. The van der Waals surface area contributed by atoms with E-state index in [2.05, 4.69) is 9.62 Å². The van der Waals surface area contributed by atoms with Crippen LogP contribution in [0.4, 0.5) is 5.69 Å². The van der Waals surface area contributed by atoms with Crippen molar-refractivity contribution in [2.24, 2.45) is 0 Å². The highest BCUT2D eigenvalue weighted by Crippen LogP contribution is 2.28. The Balaban J connectivity index is 1.31. The molecule has 190 valence electrons. The molecule has 1 aliphatic heterocycles. The molecule has 0 saturated carbocycles. The number of piperazine rings is 1. The number of benzene rings is 3. The van der Waals surface area contributed by atoms with Crippen LogP contribution in [0.25, 0.3) is 0 Å². The molecule has 3 aromatic carbocycles. The number of carbonyl (C=O) groups excluding carboxylic acids is 1. The molecular formula is C26H27Cl2N3O4S. The third kappa shape index (κ3) is 6.50. The Bertz CT molecular complexity index is 1310. The first-order valence-electron chi connectivity index (χ1n) is 11.5. The van der Waals surface area contributed by atoms with E-state index < -0.39 is 16.1 Å². The molecule has 1 aliphatic rings. The van der Waals surface area contributed by atoms with Gasteiger partial charge in [-0.3, -0.25) is 4.79 Å². The maximum Gasteiger partial charge on any atom is 0.260 e. The molecule has 1 heterocycles. The lowest BCUT2D eigenvalue weighted by Gasteiger charge is -2.36. The molecule has 0 aromatic heterocycles. The fourth-order valence-corrected chi connectivity index (χ4v) is 5.74. The molecule has 1 fully saturated rings. The van der Waals surface area contributed by atoms with E-state index in [1.165, 1.54) is 18.2 Å². The maximum absolute atomic E-state index is 12.8. The largest absolute Gasteiger partial charge is 0.482 e. The molecule has 4 rings (SSSR count). The van der Waals surface area contributed by atoms with Crippen molar-refractivity contribution < 1.29 is 17.9 Å². The average Bonchev–Trinajstić information content (AvgIpc) is 2.88. The summed E-state index contributed by atoms with van der Waals surface area (Å²) >= 11 is 12.4. The fourth-order valence-electron chi connectivity index (χ4n) is 3.99. The predicted octanol–water partition coefficient (Wildman–Crippen LogP) is 4.76. The van der Waals surface area contributed by atoms with Crippen molar-refractivity contribution in [2.75, 3.05) is 37.7 Å². The SMILES string of the molecule is C[C@H](NS(=O)(=O)c1ccc(OCC(=O)N2CCN(c3cccc(Cl)c3)CC2)c(Cl)c1)c1ccccc1. The monoisotopic (exact) mass is 547 g/mol. The van der Waals surface area contributed by atoms with Crippen LogP contribution in [0.3, 0.4) is 0 Å². The molecular weight excluding hydrogens is 521 g/mol. The number of hydrogen-bond donors (Lipinski definition) is 1. The van der Waals surface area contributed by atoms with E-state index >= 15 is 0 Å². The van der Waals surface area contributed by atoms with E-state index in [4.69, 9.17) is 27.9 Å². The Kier molecular flexibility index (Phi) is 8.41. The van der Waals surface area contributed by atoms with E-state index in [0.717, 1.165) is 11.3 Å². The number of amides is 1. The molecule has 3 aromatic rings. The van der Waals surface area contributed by atoms with Crippen LogP contribution in [0.15, 0.2) is 77.7 Å². The second-order valence-electron chi connectivity index (χ2n) is 8.48. The zero-order valence-corrected chi connectivity index (χ0v) is 22.1. The Labute approximate surface area is 221 Å². The van der Waals surface area contributed by atoms with Gasteiger partial charge in [0.05, 0.1) is 9.92 Å². The first-order valence-corrected chi connectivity index (χ1v) is 13.7. The van der Waals surface area contributed by atoms with Crippen molar-refractivity contribution in [3.05, 3.63) is 88.4 Å². The van der Waals surface area contributed by atoms with Gasteiger partial charge in [-0.15, -0.1) is 0 Å². The van der Waals surface area contributed by atoms with Gasteiger partial charge < -0.3 is 14.5 Å². The minimum absolute atomic E-state index is 0.0195. The zero-order valence-electron chi connectivity index (χ0n) is 19.7. The minimum Gasteiger partial charge on any atom is -0.482 e. The number of ether oxygens (including phenoxy) is 1. The van der Waals surface area contributed by atoms with Crippen LogP contribution in [-0.2, 0) is 14.8 Å². The predicted molar refractivity (Wildman–Crippen MR) is 142 cm³/mol. The van der Waals surface area contributed by atoms with Crippen LogP contribution in [0, 0.1) is 0 Å². The highest BCUT2D eigenvalue weighted by molar-refractivity contribution is 7.89. The van der Waals surface area contributed by atoms with Gasteiger partial charge in [-0.05, 0) is 48.9 Å². The highest BCUT2D eigenvalue weighted by atomic mass is 35.5. The summed E-state index contributed by atoms with van der Waals surface area (Å²) in [6, 6.07) is 20.7. The van der Waals surface area contributed by atoms with Gasteiger partial charge in [-0.2, -0.15) is 0 Å². The van der Waals surface area contributed by atoms with Crippen LogP contribution in [-0.4, -0.2) is 52.0 Å². The minimum atomic E-state index is -3.80. The topological polar surface area (TPSA) is 78.9 Å². The second-order valence-corrected chi connectivity index (χ2v) is 11.0. The molecule has 1 amide bonds. The lowest BCUT2D eigenvalue weighted by molar-refractivity contribution is -0.133. The third-order valence-corrected chi connectivity index (χ3v) is 8.07. The van der Waals surface area contributed by atoms with Crippen LogP contribution in [0.1, 0.15) is 18.5 Å². The normalized spacial score (nSPS) is 15.0. The smallest absolute Gasteiger partial charge is 0.260 e. The first kappa shape index (κ1) is 26.3. The number of rotatable bonds is 8. The van der Waals surface area contributed by atoms with Gasteiger partial charge >= 0.3 is 0 Å². The highest BCUT2D eigenvalue weighted by Gasteiger charge is 2.23. The van der Waals surface area contributed by atoms with Crippen molar-refractivity contribution in [3.63, 3.8) is 0 Å². The van der Waals surface area contributed by atoms with Crippen LogP contribution in [0.2, 0.25) is 10.0 Å². The summed E-state index contributed by atoms with van der Waals surface area (Å²) in [5.41, 5.74) is 1.87. The van der Waals surface area contributed by atoms with E-state index in [-0.39, 0.29) is 28.2 Å². The number of sulfonamides is 1. The van der Waals surface area contributed by atoms with Gasteiger partial charge in [0.15, 0.2) is 6.61 Å². The molecule has 1 atom stereocenters. The molecule has 0 aliphatic carbocycles. The molecule has 0 radical (unpaired) electrons. The van der Waals surface area contributed by atoms with E-state index in [1.807, 2.05) is 54.6 Å². The van der Waals surface area contributed by atoms with Crippen molar-refractivity contribution in [1.29, 1.82) is 0 Å². The number of nitrogens with zero attached hydrogens (tertiary/aromatic N) is 2. The molecule has 1 saturated heterocycles. The van der Waals surface area contributed by atoms with E-state index in [1.54, 1.807) is 11.8 Å². The summed E-state index contributed by atoms with van der Waals surface area (Å²) in [6.45, 7) is 4.08. The molecule has 1 N–H and O–H groups in total. The molecule has 0 spiro atoms. The number of nitrogens with one attached hydrogen (secondary N) is 1. The van der Waals surface area contributed by atoms with Gasteiger partial charge in [0.1, 0.15) is 5.75 Å². The van der Waals surface area contributed by atoms with Gasteiger partial charge in [0.2, 0.25) is 10.0 Å². The molecule has 10 heteroatoms. The number of anilines is 1. The van der Waals surface area contributed by atoms with E-state index in [0.29, 0.717) is 31.2 Å². The zero-order chi connectivity index (χ0) is 25.7. The van der Waals surface area contributed by atoms with Crippen LogP contribution >= 0.6 is 23.2 Å². The third-order valence-electron chi connectivity index (χ3n) is 6.00. The van der Waals surface area contributed by atoms with Crippen molar-refractivity contribution >= 4 is 44.8 Å². The summed E-state index contributed by atoms with van der Waals surface area (Å²) in [5.74, 6) is 0.0875. The average molecular weight is 548 g/mol. The standard InChI is InChI=1S/C26H27Cl2N3O4S/c1-19(20-6-3-2-4-7-20)29-36(33,34)23-10-11-25(24(28)17-23)35-18-26(32)31-14-12-30(13-15-31)22-9-5-8-21(27)16-22/h2-11,16-17,19,29H,12-15,18H2,1H3/t19-/m0/s1. The summed E-state index contributed by atoms with van der Waals surface area (Å²) in [6.07, 6.45) is 0. The number of hydrogen-bond acceptors (Lipinski definition) is 5. The van der Waals surface area contributed by atoms with Crippen LogP contribution < -0.4 is 14.4 Å². The second kappa shape index (κ2) is 11.5. The maximum atomic E-state index is 12.8. The lowest BCUT2D eigenvalue weighted by atomic mass is 10.1. The summed E-state index contributed by atoms with van der Waals surface area (Å²) in [7, 11) is -3.80. The number of halogens is 2. The molecule has 36 heavy (non-hydrogen) atoms. The van der Waals surface area contributed by atoms with Gasteiger partial charge in [0.25, 0.3) is 5.91 Å². The summed E-state index contributed by atoms with van der Waals surface area (Å²) in [5, 5.41) is 0.792. The first-order chi connectivity index (χ1) is 17.2. The molecule has 0 unspecified atom stereocenters. The van der Waals surface area contributed by atoms with Gasteiger partial charge in [-0.1, -0.05) is 59.6 Å². The fraction of sp³-hybridized carbons (Fsp3) is 0.269. The Hall–Kier alpha value is -2.78. The Morgan fingerprint density at radius 2 is 1.69 bits per heavy atom. The molecule has 0 bridgehead atoms. The van der Waals surface area contributed by atoms with Crippen LogP contribution in [0.5, 0.6) is 5.75 Å². The van der Waals surface area contributed by atoms with E-state index in [9.17, 15) is 13.2 Å². The number of carbonyl (C=O) groups is 1. The van der Waals surface area contributed by atoms with Gasteiger partial charge in [-0.25, -0.2) is 13.1 Å². The van der Waals surface area contributed by atoms with Crippen molar-refractivity contribution in [2.45, 2.75) is 17.9 Å². The molecule has 7 nitrogen and oxygen atoms in total. The lowest BCUT2D eigenvalue weighted by Crippen LogP contribution is -2.50. The van der Waals surface area contributed by atoms with Gasteiger partial charge in [0, 0.05) is 42.9 Å². The van der Waals surface area contributed by atoms with Crippen molar-refractivity contribution in [1.82, 2.24) is 9.62 Å². The Morgan fingerprint density at radius 1 is 0.972 bits per heavy atom. The van der Waals surface area contributed by atoms with Crippen molar-refractivity contribution in [3.8, 4) is 5.75 Å². The Morgan fingerprint density at radius 3 is 2.36 bits per heavy atom. The summed E-state index contributed by atoms with van der Waals surface area (Å²) < 4.78 is 33.9. The quantitative estimate of drug-likeness (QED) is 0.439.